The van der Waals surface area contributed by atoms with Crippen LogP contribution in [0, 0.1) is 0 Å². The molecule has 2 aromatic carbocycles. The minimum Gasteiger partial charge on any atom is -0.462 e. The minimum atomic E-state index is -0.384. The van der Waals surface area contributed by atoms with Crippen LogP contribution < -0.4 is 10.2 Å². The molecular formula is C26H32N2O4. The van der Waals surface area contributed by atoms with Gasteiger partial charge in [0.15, 0.2) is 0 Å². The number of nitrogens with one attached hydrogen (secondary N) is 1. The standard InChI is InChI=1S/C26H32N2O4/c1-4-15-32-26(30)23-18-22(10-11-24(23)28-13-16-31-17-14-28)27-25(29)12-7-20-5-8-21(9-6-20)19(2)3/h5-12,18-19H,4,13-17H2,1-3H3,(H,27,29)/b12-7+. The zero-order valence-electron chi connectivity index (χ0n) is 19.1. The van der Waals surface area contributed by atoms with Crippen LogP contribution >= 0.6 is 0 Å². The predicted molar refractivity (Wildman–Crippen MR) is 128 cm³/mol. The third kappa shape index (κ3) is 6.44. The largest absolute Gasteiger partial charge is 0.462 e. The highest BCUT2D eigenvalue weighted by molar-refractivity contribution is 6.03. The maximum atomic E-state index is 12.7. The van der Waals surface area contributed by atoms with Crippen molar-refractivity contribution in [1.29, 1.82) is 0 Å². The summed E-state index contributed by atoms with van der Waals surface area (Å²) in [7, 11) is 0. The highest BCUT2D eigenvalue weighted by atomic mass is 16.5. The lowest BCUT2D eigenvalue weighted by Crippen LogP contribution is -2.37. The Morgan fingerprint density at radius 3 is 2.50 bits per heavy atom. The summed E-state index contributed by atoms with van der Waals surface area (Å²) in [5, 5.41) is 2.85. The minimum absolute atomic E-state index is 0.259. The molecule has 32 heavy (non-hydrogen) atoms. The number of rotatable bonds is 8. The number of ether oxygens (including phenoxy) is 2. The van der Waals surface area contributed by atoms with Crippen LogP contribution in [-0.4, -0.2) is 44.8 Å². The second kappa shape index (κ2) is 11.5. The van der Waals surface area contributed by atoms with Crippen LogP contribution in [0.25, 0.3) is 6.08 Å². The van der Waals surface area contributed by atoms with Crippen LogP contribution in [0.2, 0.25) is 0 Å². The van der Waals surface area contributed by atoms with Crippen molar-refractivity contribution in [3.8, 4) is 0 Å². The molecule has 170 valence electrons. The van der Waals surface area contributed by atoms with E-state index in [4.69, 9.17) is 9.47 Å². The van der Waals surface area contributed by atoms with Gasteiger partial charge in [0.05, 0.1) is 31.1 Å². The summed E-state index contributed by atoms with van der Waals surface area (Å²) in [5.41, 5.74) is 4.01. The molecular weight excluding hydrogens is 404 g/mol. The zero-order valence-corrected chi connectivity index (χ0v) is 19.1. The van der Waals surface area contributed by atoms with Gasteiger partial charge in [-0.05, 0) is 47.7 Å². The fraction of sp³-hybridized carbons (Fsp3) is 0.385. The number of anilines is 2. The van der Waals surface area contributed by atoms with Crippen molar-refractivity contribution in [2.24, 2.45) is 0 Å². The van der Waals surface area contributed by atoms with Crippen LogP contribution in [0.15, 0.2) is 48.5 Å². The topological polar surface area (TPSA) is 67.9 Å². The van der Waals surface area contributed by atoms with Crippen LogP contribution in [0.5, 0.6) is 0 Å². The van der Waals surface area contributed by atoms with Gasteiger partial charge in [-0.2, -0.15) is 0 Å². The highest BCUT2D eigenvalue weighted by Gasteiger charge is 2.20. The predicted octanol–water partition coefficient (Wildman–Crippen LogP) is 4.87. The number of hydrogen-bond acceptors (Lipinski definition) is 5. The summed E-state index contributed by atoms with van der Waals surface area (Å²) >= 11 is 0. The van der Waals surface area contributed by atoms with Crippen molar-refractivity contribution in [1.82, 2.24) is 0 Å². The fourth-order valence-electron chi connectivity index (χ4n) is 3.48. The Hall–Kier alpha value is -3.12. The van der Waals surface area contributed by atoms with Gasteiger partial charge < -0.3 is 19.7 Å². The average Bonchev–Trinajstić information content (AvgIpc) is 2.82. The molecule has 1 heterocycles. The van der Waals surface area contributed by atoms with Gasteiger partial charge in [-0.25, -0.2) is 4.79 Å². The molecule has 0 spiro atoms. The number of hydrogen-bond donors (Lipinski definition) is 1. The van der Waals surface area contributed by atoms with Gasteiger partial charge in [0.1, 0.15) is 0 Å². The van der Waals surface area contributed by atoms with Crippen molar-refractivity contribution in [3.63, 3.8) is 0 Å². The Labute approximate surface area is 190 Å². The Morgan fingerprint density at radius 2 is 1.84 bits per heavy atom. The molecule has 1 N–H and O–H groups in total. The SMILES string of the molecule is CCCOC(=O)c1cc(NC(=O)/C=C/c2ccc(C(C)C)cc2)ccc1N1CCOCC1. The van der Waals surface area contributed by atoms with Gasteiger partial charge in [0.25, 0.3) is 0 Å². The summed E-state index contributed by atoms with van der Waals surface area (Å²) in [6.45, 7) is 9.25. The molecule has 6 heteroatoms. The molecule has 1 fully saturated rings. The number of carbonyl (C=O) groups is 2. The molecule has 1 aliphatic rings. The van der Waals surface area contributed by atoms with Gasteiger partial charge in [0.2, 0.25) is 5.91 Å². The van der Waals surface area contributed by atoms with Gasteiger partial charge in [-0.3, -0.25) is 4.79 Å². The van der Waals surface area contributed by atoms with E-state index >= 15 is 0 Å². The van der Waals surface area contributed by atoms with E-state index < -0.39 is 0 Å². The lowest BCUT2D eigenvalue weighted by molar-refractivity contribution is -0.111. The maximum absolute atomic E-state index is 12.7. The summed E-state index contributed by atoms with van der Waals surface area (Å²) in [4.78, 5) is 27.3. The maximum Gasteiger partial charge on any atom is 0.340 e. The molecule has 6 nitrogen and oxygen atoms in total. The van der Waals surface area contributed by atoms with E-state index in [2.05, 4.69) is 36.2 Å². The molecule has 0 unspecified atom stereocenters. The van der Waals surface area contributed by atoms with Crippen molar-refractivity contribution in [3.05, 3.63) is 65.2 Å². The lowest BCUT2D eigenvalue weighted by atomic mass is 10.0. The molecule has 0 atom stereocenters. The molecule has 3 rings (SSSR count). The van der Waals surface area contributed by atoms with E-state index in [9.17, 15) is 9.59 Å². The van der Waals surface area contributed by atoms with Gasteiger partial charge in [0, 0.05) is 24.9 Å². The number of esters is 1. The molecule has 1 saturated heterocycles. The normalized spacial score (nSPS) is 14.1. The van der Waals surface area contributed by atoms with E-state index in [0.717, 1.165) is 17.7 Å². The van der Waals surface area contributed by atoms with E-state index in [0.29, 0.717) is 50.1 Å². The zero-order chi connectivity index (χ0) is 22.9. The average molecular weight is 437 g/mol. The number of amides is 1. The van der Waals surface area contributed by atoms with Crippen molar-refractivity contribution in [2.75, 3.05) is 43.1 Å². The van der Waals surface area contributed by atoms with Crippen LogP contribution in [-0.2, 0) is 14.3 Å². The lowest BCUT2D eigenvalue weighted by Gasteiger charge is -2.30. The Bertz CT molecular complexity index is 945. The van der Waals surface area contributed by atoms with Crippen molar-refractivity contribution in [2.45, 2.75) is 33.1 Å². The van der Waals surface area contributed by atoms with Crippen molar-refractivity contribution >= 4 is 29.3 Å². The Balaban J connectivity index is 1.73. The van der Waals surface area contributed by atoms with E-state index in [1.54, 1.807) is 12.1 Å². The van der Waals surface area contributed by atoms with Crippen LogP contribution in [0.3, 0.4) is 0 Å². The Kier molecular flexibility index (Phi) is 8.45. The molecule has 0 radical (unpaired) electrons. The summed E-state index contributed by atoms with van der Waals surface area (Å²) in [6.07, 6.45) is 4.02. The second-order valence-corrected chi connectivity index (χ2v) is 8.11. The number of benzene rings is 2. The second-order valence-electron chi connectivity index (χ2n) is 8.11. The van der Waals surface area contributed by atoms with Gasteiger partial charge in [-0.15, -0.1) is 0 Å². The van der Waals surface area contributed by atoms with E-state index in [-0.39, 0.29) is 11.9 Å². The number of nitrogens with zero attached hydrogens (tertiary/aromatic N) is 1. The molecule has 2 aromatic rings. The summed E-state index contributed by atoms with van der Waals surface area (Å²) in [5.74, 6) is -0.176. The molecule has 0 aromatic heterocycles. The third-order valence-corrected chi connectivity index (χ3v) is 5.30. The van der Waals surface area contributed by atoms with Crippen molar-refractivity contribution < 1.29 is 19.1 Å². The van der Waals surface area contributed by atoms with Crippen LogP contribution in [0.4, 0.5) is 11.4 Å². The first-order valence-corrected chi connectivity index (χ1v) is 11.2. The molecule has 0 aliphatic carbocycles. The van der Waals surface area contributed by atoms with Gasteiger partial charge >= 0.3 is 5.97 Å². The molecule has 1 aliphatic heterocycles. The Morgan fingerprint density at radius 1 is 1.12 bits per heavy atom. The molecule has 0 saturated carbocycles. The first-order valence-electron chi connectivity index (χ1n) is 11.2. The number of carbonyl (C=O) groups excluding carboxylic acids is 2. The molecule has 0 bridgehead atoms. The first kappa shape index (κ1) is 23.5. The monoisotopic (exact) mass is 436 g/mol. The smallest absolute Gasteiger partial charge is 0.340 e. The first-order chi connectivity index (χ1) is 15.5. The van der Waals surface area contributed by atoms with E-state index in [1.165, 1.54) is 11.6 Å². The van der Waals surface area contributed by atoms with Gasteiger partial charge in [-0.1, -0.05) is 45.0 Å². The highest BCUT2D eigenvalue weighted by Crippen LogP contribution is 2.26. The quantitative estimate of drug-likeness (QED) is 0.473. The van der Waals surface area contributed by atoms with E-state index in [1.807, 2.05) is 31.2 Å². The molecule has 1 amide bonds. The number of morpholine rings is 1. The third-order valence-electron chi connectivity index (χ3n) is 5.30. The summed E-state index contributed by atoms with van der Waals surface area (Å²) < 4.78 is 10.8. The summed E-state index contributed by atoms with van der Waals surface area (Å²) in [6, 6.07) is 13.5. The van der Waals surface area contributed by atoms with Crippen LogP contribution in [0.1, 0.15) is 54.6 Å². The fourth-order valence-corrected chi connectivity index (χ4v) is 3.48.